The second-order valence-electron chi connectivity index (χ2n) is 8.31. The van der Waals surface area contributed by atoms with Gasteiger partial charge in [-0.2, -0.15) is 5.26 Å². The van der Waals surface area contributed by atoms with Gasteiger partial charge in [0, 0.05) is 17.5 Å². The molecule has 2 aromatic heterocycles. The van der Waals surface area contributed by atoms with E-state index in [1.807, 2.05) is 18.2 Å². The fourth-order valence-corrected chi connectivity index (χ4v) is 4.88. The number of nitriles is 1. The molecule has 1 aliphatic rings. The normalized spacial score (nSPS) is 12.6. The molecule has 0 amide bonds. The number of benzene rings is 3. The maximum absolute atomic E-state index is 9.60. The molecule has 0 unspecified atom stereocenters. The molecule has 5 aromatic rings. The molecule has 152 valence electrons. The average molecular weight is 412 g/mol. The smallest absolute Gasteiger partial charge is 0.145 e. The molecule has 32 heavy (non-hydrogen) atoms. The van der Waals surface area contributed by atoms with Crippen molar-refractivity contribution in [2.75, 3.05) is 0 Å². The zero-order chi connectivity index (χ0) is 21.5. The Labute approximate surface area is 187 Å². The Morgan fingerprint density at radius 3 is 2.53 bits per heavy atom. The molecule has 1 aliphatic carbocycles. The second kappa shape index (κ2) is 7.51. The van der Waals surface area contributed by atoms with Crippen LogP contribution in [-0.4, -0.2) is 9.55 Å². The molecule has 0 fully saturated rings. The van der Waals surface area contributed by atoms with E-state index in [-0.39, 0.29) is 0 Å². The fourth-order valence-electron chi connectivity index (χ4n) is 4.88. The first-order chi connectivity index (χ1) is 15.8. The molecule has 3 nitrogen and oxygen atoms in total. The fraction of sp³-hybridized carbons (Fsp3) is 0.103. The van der Waals surface area contributed by atoms with E-state index in [2.05, 4.69) is 83.6 Å². The minimum Gasteiger partial charge on any atom is -0.301 e. The van der Waals surface area contributed by atoms with E-state index in [1.165, 1.54) is 22.1 Å². The summed E-state index contributed by atoms with van der Waals surface area (Å²) < 4.78 is 2.21. The third-order valence-electron chi connectivity index (χ3n) is 6.47. The Morgan fingerprint density at radius 2 is 1.66 bits per heavy atom. The highest BCUT2D eigenvalue weighted by molar-refractivity contribution is 5.84. The highest BCUT2D eigenvalue weighted by atomic mass is 15.1. The maximum atomic E-state index is 9.60. The zero-order valence-corrected chi connectivity index (χ0v) is 17.6. The summed E-state index contributed by atoms with van der Waals surface area (Å²) in [6.07, 6.45) is 4.60. The second-order valence-corrected chi connectivity index (χ2v) is 8.31. The lowest BCUT2D eigenvalue weighted by Gasteiger charge is -2.16. The number of fused-ring (bicyclic) bond motifs is 3. The topological polar surface area (TPSA) is 41.6 Å². The lowest BCUT2D eigenvalue weighted by molar-refractivity contribution is 0.893. The van der Waals surface area contributed by atoms with Gasteiger partial charge in [-0.1, -0.05) is 60.7 Å². The average Bonchev–Trinajstić information content (AvgIpc) is 3.18. The van der Waals surface area contributed by atoms with Gasteiger partial charge in [0.15, 0.2) is 0 Å². The van der Waals surface area contributed by atoms with E-state index in [4.69, 9.17) is 4.98 Å². The first kappa shape index (κ1) is 18.6. The van der Waals surface area contributed by atoms with Crippen molar-refractivity contribution in [3.63, 3.8) is 0 Å². The van der Waals surface area contributed by atoms with E-state index in [0.29, 0.717) is 0 Å². The van der Waals surface area contributed by atoms with Crippen molar-refractivity contribution < 1.29 is 0 Å². The minimum atomic E-state index is 0.787. The summed E-state index contributed by atoms with van der Waals surface area (Å²) in [5.74, 6) is 0.961. The standard InChI is InChI=1S/C29H21N3/c30-19-23-11-6-10-22-17-24-18-26(20-7-2-1-3-8-20)29(31-27(24)14-13-25(22)23)32-16-15-21-9-4-5-12-28(21)32/h1-12,15-16,18H,13-14,17H2. The summed E-state index contributed by atoms with van der Waals surface area (Å²) in [4.78, 5) is 5.26. The number of hydrogen-bond acceptors (Lipinski definition) is 2. The van der Waals surface area contributed by atoms with Crippen LogP contribution >= 0.6 is 0 Å². The molecular formula is C29H21N3. The van der Waals surface area contributed by atoms with Gasteiger partial charge in [0.1, 0.15) is 5.82 Å². The molecule has 6 rings (SSSR count). The van der Waals surface area contributed by atoms with Crippen LogP contribution in [0.4, 0.5) is 0 Å². The van der Waals surface area contributed by atoms with Gasteiger partial charge >= 0.3 is 0 Å². The van der Waals surface area contributed by atoms with Crippen molar-refractivity contribution in [1.82, 2.24) is 9.55 Å². The Hall–Kier alpha value is -4.16. The summed E-state index contributed by atoms with van der Waals surface area (Å²) in [7, 11) is 0. The molecule has 0 radical (unpaired) electrons. The molecule has 3 aromatic carbocycles. The lowest BCUT2D eigenvalue weighted by Crippen LogP contribution is -2.06. The summed E-state index contributed by atoms with van der Waals surface area (Å²) in [6.45, 7) is 0. The Kier molecular flexibility index (Phi) is 4.37. The SMILES string of the molecule is N#Cc1cccc2c1CCc1nc(-n3ccc4ccccc43)c(-c3ccccc3)cc1C2. The molecule has 0 N–H and O–H groups in total. The highest BCUT2D eigenvalue weighted by Gasteiger charge is 2.21. The van der Waals surface area contributed by atoms with Gasteiger partial charge in [-0.25, -0.2) is 4.98 Å². The number of pyridine rings is 1. The molecule has 3 heteroatoms. The maximum Gasteiger partial charge on any atom is 0.145 e. The summed E-state index contributed by atoms with van der Waals surface area (Å²) in [6, 6.07) is 31.8. The van der Waals surface area contributed by atoms with E-state index in [1.54, 1.807) is 0 Å². The predicted molar refractivity (Wildman–Crippen MR) is 128 cm³/mol. The first-order valence-corrected chi connectivity index (χ1v) is 11.0. The summed E-state index contributed by atoms with van der Waals surface area (Å²) >= 11 is 0. The van der Waals surface area contributed by atoms with Crippen LogP contribution in [0.3, 0.4) is 0 Å². The zero-order valence-electron chi connectivity index (χ0n) is 17.6. The summed E-state index contributed by atoms with van der Waals surface area (Å²) in [5.41, 5.74) is 9.01. The van der Waals surface area contributed by atoms with Crippen molar-refractivity contribution in [3.05, 3.63) is 119 Å². The molecular weight excluding hydrogens is 390 g/mol. The van der Waals surface area contributed by atoms with Crippen molar-refractivity contribution in [2.24, 2.45) is 0 Å². The third kappa shape index (κ3) is 3.01. The van der Waals surface area contributed by atoms with E-state index in [0.717, 1.165) is 53.0 Å². The lowest BCUT2D eigenvalue weighted by atomic mass is 9.96. The van der Waals surface area contributed by atoms with Crippen LogP contribution in [0.15, 0.2) is 91.1 Å². The van der Waals surface area contributed by atoms with Crippen LogP contribution in [0.2, 0.25) is 0 Å². The Bertz CT molecular complexity index is 1500. The third-order valence-corrected chi connectivity index (χ3v) is 6.47. The van der Waals surface area contributed by atoms with Gasteiger partial charge in [0.05, 0.1) is 17.1 Å². The Balaban J connectivity index is 1.58. The van der Waals surface area contributed by atoms with Gasteiger partial charge in [-0.15, -0.1) is 0 Å². The van der Waals surface area contributed by atoms with Crippen LogP contribution in [0, 0.1) is 11.3 Å². The van der Waals surface area contributed by atoms with Crippen molar-refractivity contribution in [1.29, 1.82) is 5.26 Å². The number of nitrogens with zero attached hydrogens (tertiary/aromatic N) is 3. The van der Waals surface area contributed by atoms with Crippen LogP contribution in [0.25, 0.3) is 27.8 Å². The molecule has 2 heterocycles. The van der Waals surface area contributed by atoms with Crippen molar-refractivity contribution >= 4 is 10.9 Å². The molecule has 0 bridgehead atoms. The molecule has 0 spiro atoms. The van der Waals surface area contributed by atoms with E-state index < -0.39 is 0 Å². The molecule has 0 saturated heterocycles. The number of para-hydroxylation sites is 1. The van der Waals surface area contributed by atoms with Crippen molar-refractivity contribution in [2.45, 2.75) is 19.3 Å². The number of aromatic nitrogens is 2. The van der Waals surface area contributed by atoms with Gasteiger partial charge in [-0.05, 0) is 71.2 Å². The van der Waals surface area contributed by atoms with E-state index in [9.17, 15) is 5.26 Å². The molecule has 0 aliphatic heterocycles. The van der Waals surface area contributed by atoms with Gasteiger partial charge < -0.3 is 4.57 Å². The van der Waals surface area contributed by atoms with Crippen molar-refractivity contribution in [3.8, 4) is 23.0 Å². The van der Waals surface area contributed by atoms with Crippen LogP contribution in [0.5, 0.6) is 0 Å². The number of aryl methyl sites for hydroxylation is 1. The number of hydrogen-bond donors (Lipinski definition) is 0. The monoisotopic (exact) mass is 411 g/mol. The largest absolute Gasteiger partial charge is 0.301 e. The van der Waals surface area contributed by atoms with Gasteiger partial charge in [0.2, 0.25) is 0 Å². The minimum absolute atomic E-state index is 0.787. The van der Waals surface area contributed by atoms with E-state index >= 15 is 0 Å². The van der Waals surface area contributed by atoms with Crippen LogP contribution < -0.4 is 0 Å². The molecule has 0 atom stereocenters. The van der Waals surface area contributed by atoms with Crippen LogP contribution in [-0.2, 0) is 19.3 Å². The quantitative estimate of drug-likeness (QED) is 0.344. The predicted octanol–water partition coefficient (Wildman–Crippen LogP) is 6.25. The number of rotatable bonds is 2. The highest BCUT2D eigenvalue weighted by Crippen LogP contribution is 2.34. The summed E-state index contributed by atoms with van der Waals surface area (Å²) in [5, 5.41) is 10.8. The van der Waals surface area contributed by atoms with Gasteiger partial charge in [-0.3, -0.25) is 0 Å². The van der Waals surface area contributed by atoms with Crippen LogP contribution in [0.1, 0.15) is 27.9 Å². The molecule has 0 saturated carbocycles. The Morgan fingerprint density at radius 1 is 0.812 bits per heavy atom. The first-order valence-electron chi connectivity index (χ1n) is 11.0. The van der Waals surface area contributed by atoms with Gasteiger partial charge in [0.25, 0.3) is 0 Å².